The summed E-state index contributed by atoms with van der Waals surface area (Å²) < 4.78 is 1.15. The molecule has 0 fully saturated rings. The number of pyridine rings is 1. The van der Waals surface area contributed by atoms with Gasteiger partial charge in [-0.2, -0.15) is 5.10 Å². The Morgan fingerprint density at radius 1 is 0.933 bits per heavy atom. The van der Waals surface area contributed by atoms with Crippen molar-refractivity contribution in [2.45, 2.75) is 0 Å². The minimum Gasteiger partial charge on any atom is -0.308 e. The van der Waals surface area contributed by atoms with Crippen LogP contribution in [0.15, 0.2) is 79.1 Å². The number of aromatic amines is 1. The highest BCUT2D eigenvalue weighted by molar-refractivity contribution is 7.21. The van der Waals surface area contributed by atoms with Gasteiger partial charge in [-0.25, -0.2) is 9.78 Å². The summed E-state index contributed by atoms with van der Waals surface area (Å²) >= 11 is 1.65. The van der Waals surface area contributed by atoms with Gasteiger partial charge in [-0.1, -0.05) is 12.1 Å². The summed E-state index contributed by atoms with van der Waals surface area (Å²) in [6.45, 7) is 0. The molecule has 0 saturated carbocycles. The molecular weight excluding hydrogens is 396 g/mol. The summed E-state index contributed by atoms with van der Waals surface area (Å²) in [5, 5.41) is 13.5. The molecule has 2 amide bonds. The number of nitrogens with one attached hydrogen (secondary N) is 3. The van der Waals surface area contributed by atoms with E-state index in [2.05, 4.69) is 36.9 Å². The lowest BCUT2D eigenvalue weighted by Crippen LogP contribution is -2.19. The average molecular weight is 412 g/mol. The number of hydrogen-bond acceptors (Lipinski definition) is 5. The molecule has 0 radical (unpaired) electrons. The fourth-order valence-corrected chi connectivity index (χ4v) is 4.00. The molecule has 5 rings (SSSR count). The molecule has 0 aliphatic carbocycles. The number of anilines is 2. The highest BCUT2D eigenvalue weighted by atomic mass is 32.1. The van der Waals surface area contributed by atoms with Crippen molar-refractivity contribution in [3.05, 3.63) is 79.1 Å². The van der Waals surface area contributed by atoms with Crippen LogP contribution in [0, 0.1) is 0 Å². The molecule has 3 N–H and O–H groups in total. The Bertz CT molecular complexity index is 1280. The lowest BCUT2D eigenvalue weighted by Gasteiger charge is -2.06. The largest absolute Gasteiger partial charge is 0.324 e. The lowest BCUT2D eigenvalue weighted by atomic mass is 10.2. The third-order valence-electron chi connectivity index (χ3n) is 4.48. The highest BCUT2D eigenvalue weighted by Crippen LogP contribution is 2.30. The van der Waals surface area contributed by atoms with E-state index in [1.54, 1.807) is 29.8 Å². The van der Waals surface area contributed by atoms with Crippen LogP contribution in [0.25, 0.3) is 32.0 Å². The van der Waals surface area contributed by atoms with E-state index < -0.39 is 0 Å². The van der Waals surface area contributed by atoms with Crippen LogP contribution in [0.4, 0.5) is 16.3 Å². The van der Waals surface area contributed by atoms with Gasteiger partial charge in [0.15, 0.2) is 5.82 Å². The molecule has 0 aliphatic rings. The van der Waals surface area contributed by atoms with Gasteiger partial charge in [-0.3, -0.25) is 15.4 Å². The summed E-state index contributed by atoms with van der Waals surface area (Å²) in [5.41, 5.74) is 4.35. The zero-order valence-corrected chi connectivity index (χ0v) is 16.5. The zero-order valence-electron chi connectivity index (χ0n) is 15.7. The van der Waals surface area contributed by atoms with Crippen LogP contribution in [0.3, 0.4) is 0 Å². The number of fused-ring (bicyclic) bond motifs is 1. The number of H-pyrrole nitrogens is 1. The molecule has 0 saturated heterocycles. The van der Waals surface area contributed by atoms with Gasteiger partial charge in [0.1, 0.15) is 5.01 Å². The Hall–Kier alpha value is -4.04. The molecule has 3 heterocycles. The van der Waals surface area contributed by atoms with Crippen molar-refractivity contribution in [3.63, 3.8) is 0 Å². The van der Waals surface area contributed by atoms with Crippen molar-refractivity contribution < 1.29 is 4.79 Å². The summed E-state index contributed by atoms with van der Waals surface area (Å²) in [6, 6.07) is 20.8. The standard InChI is InChI=1S/C22H16N6OS/c29-22(26-20-12-18(27-28-20)15-4-3-11-23-13-15)24-16-9-7-14(8-10-16)21-25-17-5-1-2-6-19(17)30-21/h1-13H,(H3,24,26,27,28,29). The van der Waals surface area contributed by atoms with Crippen molar-refractivity contribution in [2.75, 3.05) is 10.6 Å². The zero-order chi connectivity index (χ0) is 20.3. The summed E-state index contributed by atoms with van der Waals surface area (Å²) in [4.78, 5) is 21.0. The second-order valence-electron chi connectivity index (χ2n) is 6.55. The highest BCUT2D eigenvalue weighted by Gasteiger charge is 2.09. The molecule has 3 aromatic heterocycles. The van der Waals surface area contributed by atoms with Crippen molar-refractivity contribution >= 4 is 39.1 Å². The number of benzene rings is 2. The Labute approximate surface area is 175 Å². The molecule has 0 atom stereocenters. The molecule has 7 nitrogen and oxygen atoms in total. The van der Waals surface area contributed by atoms with E-state index in [0.29, 0.717) is 11.5 Å². The van der Waals surface area contributed by atoms with E-state index >= 15 is 0 Å². The van der Waals surface area contributed by atoms with Crippen molar-refractivity contribution in [2.24, 2.45) is 0 Å². The number of nitrogens with zero attached hydrogens (tertiary/aromatic N) is 3. The van der Waals surface area contributed by atoms with Gasteiger partial charge in [0.25, 0.3) is 0 Å². The predicted octanol–water partition coefficient (Wildman–Crippen LogP) is 5.39. The molecular formula is C22H16N6OS. The smallest absolute Gasteiger partial charge is 0.308 e. The van der Waals surface area contributed by atoms with Crippen LogP contribution in [0.2, 0.25) is 0 Å². The van der Waals surface area contributed by atoms with Crippen LogP contribution in [0.5, 0.6) is 0 Å². The normalized spacial score (nSPS) is 10.8. The number of aromatic nitrogens is 4. The minimum atomic E-state index is -0.369. The molecule has 30 heavy (non-hydrogen) atoms. The lowest BCUT2D eigenvalue weighted by molar-refractivity contribution is 0.262. The van der Waals surface area contributed by atoms with Gasteiger partial charge in [-0.15, -0.1) is 11.3 Å². The summed E-state index contributed by atoms with van der Waals surface area (Å²) in [6.07, 6.45) is 3.43. The van der Waals surface area contributed by atoms with E-state index in [1.807, 2.05) is 54.6 Å². The minimum absolute atomic E-state index is 0.369. The molecule has 0 aliphatic heterocycles. The molecule has 2 aromatic carbocycles. The number of hydrogen-bond donors (Lipinski definition) is 3. The Morgan fingerprint density at radius 3 is 2.60 bits per heavy atom. The van der Waals surface area contributed by atoms with Gasteiger partial charge in [0.05, 0.1) is 15.9 Å². The number of urea groups is 1. The molecule has 0 unspecified atom stereocenters. The van der Waals surface area contributed by atoms with Gasteiger partial charge in [0, 0.05) is 35.3 Å². The number of amides is 2. The summed E-state index contributed by atoms with van der Waals surface area (Å²) in [5.74, 6) is 0.428. The quantitative estimate of drug-likeness (QED) is 0.369. The topological polar surface area (TPSA) is 95.6 Å². The first-order chi connectivity index (χ1) is 14.7. The van der Waals surface area contributed by atoms with Gasteiger partial charge >= 0.3 is 6.03 Å². The van der Waals surface area contributed by atoms with E-state index in [4.69, 9.17) is 0 Å². The van der Waals surface area contributed by atoms with Crippen LogP contribution in [0.1, 0.15) is 0 Å². The summed E-state index contributed by atoms with van der Waals surface area (Å²) in [7, 11) is 0. The molecule has 5 aromatic rings. The van der Waals surface area contributed by atoms with Gasteiger partial charge in [0.2, 0.25) is 0 Å². The first-order valence-electron chi connectivity index (χ1n) is 9.24. The maximum atomic E-state index is 12.3. The third-order valence-corrected chi connectivity index (χ3v) is 5.56. The monoisotopic (exact) mass is 412 g/mol. The van der Waals surface area contributed by atoms with Crippen LogP contribution in [-0.2, 0) is 0 Å². The van der Waals surface area contributed by atoms with E-state index in [0.717, 1.165) is 32.0 Å². The number of carbonyl (C=O) groups excluding carboxylic acids is 1. The predicted molar refractivity (Wildman–Crippen MR) is 120 cm³/mol. The van der Waals surface area contributed by atoms with E-state index in [1.165, 1.54) is 0 Å². The van der Waals surface area contributed by atoms with Crippen LogP contribution < -0.4 is 10.6 Å². The second-order valence-corrected chi connectivity index (χ2v) is 7.58. The van der Waals surface area contributed by atoms with Crippen LogP contribution in [-0.4, -0.2) is 26.2 Å². The third kappa shape index (κ3) is 3.76. The maximum absolute atomic E-state index is 12.3. The molecule has 8 heteroatoms. The van der Waals surface area contributed by atoms with Gasteiger partial charge in [-0.05, 0) is 48.5 Å². The van der Waals surface area contributed by atoms with E-state index in [-0.39, 0.29) is 6.03 Å². The SMILES string of the molecule is O=C(Nc1ccc(-c2nc3ccccc3s2)cc1)Nc1cc(-c2cccnc2)[nH]n1. The Balaban J connectivity index is 1.25. The number of para-hydroxylation sites is 1. The fraction of sp³-hybridized carbons (Fsp3) is 0. The number of carbonyl (C=O) groups is 1. The number of rotatable bonds is 4. The average Bonchev–Trinajstić information content (AvgIpc) is 3.42. The Morgan fingerprint density at radius 2 is 1.80 bits per heavy atom. The molecule has 0 spiro atoms. The Kier molecular flexibility index (Phi) is 4.66. The van der Waals surface area contributed by atoms with Crippen LogP contribution >= 0.6 is 11.3 Å². The molecule has 146 valence electrons. The van der Waals surface area contributed by atoms with E-state index in [9.17, 15) is 4.79 Å². The van der Waals surface area contributed by atoms with Crippen molar-refractivity contribution in [1.82, 2.24) is 20.2 Å². The second kappa shape index (κ2) is 7.76. The van der Waals surface area contributed by atoms with Crippen molar-refractivity contribution in [3.8, 4) is 21.8 Å². The number of thiazole rings is 1. The molecule has 0 bridgehead atoms. The first kappa shape index (κ1) is 18.0. The van der Waals surface area contributed by atoms with Crippen molar-refractivity contribution in [1.29, 1.82) is 0 Å². The van der Waals surface area contributed by atoms with Gasteiger partial charge < -0.3 is 5.32 Å². The first-order valence-corrected chi connectivity index (χ1v) is 10.1. The maximum Gasteiger partial charge on any atom is 0.324 e. The fourth-order valence-electron chi connectivity index (χ4n) is 3.03.